The minimum Gasteiger partial charge on any atom is -0.492 e. The van der Waals surface area contributed by atoms with Crippen molar-refractivity contribution in [3.8, 4) is 5.75 Å². The Morgan fingerprint density at radius 3 is 2.17 bits per heavy atom. The third kappa shape index (κ3) is 3.59. The Morgan fingerprint density at radius 1 is 0.826 bits per heavy atom. The minimum absolute atomic E-state index is 0.691. The molecule has 0 N–H and O–H groups in total. The monoisotopic (exact) mass is 307 g/mol. The Hall–Kier alpha value is -1.80. The maximum Gasteiger partial charge on any atom is 0.119 e. The number of hydrogen-bond donors (Lipinski definition) is 0. The van der Waals surface area contributed by atoms with Crippen LogP contribution in [0.2, 0.25) is 0 Å². The van der Waals surface area contributed by atoms with Crippen LogP contribution in [-0.2, 0) is 0 Å². The van der Waals surface area contributed by atoms with Crippen molar-refractivity contribution in [2.75, 3.05) is 26.2 Å². The first kappa shape index (κ1) is 14.8. The molecule has 2 nitrogen and oxygen atoms in total. The molecule has 1 saturated heterocycles. The smallest absolute Gasteiger partial charge is 0.119 e. The molecule has 0 amide bonds. The molecule has 4 rings (SSSR count). The fourth-order valence-corrected chi connectivity index (χ4v) is 3.74. The zero-order valence-corrected chi connectivity index (χ0v) is 13.7. The highest BCUT2D eigenvalue weighted by Crippen LogP contribution is 2.54. The van der Waals surface area contributed by atoms with Gasteiger partial charge in [-0.05, 0) is 67.4 Å². The number of ether oxygens (including phenoxy) is 1. The SMILES string of the molecule is c1ccc(C2CC2c2ccc(OCCN3CCCC3)cc2)cc1. The Kier molecular flexibility index (Phi) is 4.34. The predicted molar refractivity (Wildman–Crippen MR) is 94.2 cm³/mol. The lowest BCUT2D eigenvalue weighted by Gasteiger charge is -2.15. The normalized spacial score (nSPS) is 23.8. The Labute approximate surface area is 139 Å². The van der Waals surface area contributed by atoms with E-state index in [2.05, 4.69) is 59.5 Å². The van der Waals surface area contributed by atoms with Gasteiger partial charge in [-0.2, -0.15) is 0 Å². The van der Waals surface area contributed by atoms with Crippen molar-refractivity contribution in [3.63, 3.8) is 0 Å². The second-order valence-corrected chi connectivity index (χ2v) is 6.83. The Balaban J connectivity index is 1.29. The number of hydrogen-bond acceptors (Lipinski definition) is 2. The van der Waals surface area contributed by atoms with Crippen molar-refractivity contribution in [1.82, 2.24) is 4.90 Å². The zero-order chi connectivity index (χ0) is 15.5. The van der Waals surface area contributed by atoms with Crippen LogP contribution in [0.1, 0.15) is 42.2 Å². The van der Waals surface area contributed by atoms with E-state index in [1.54, 1.807) is 0 Å². The number of nitrogens with zero attached hydrogens (tertiary/aromatic N) is 1. The van der Waals surface area contributed by atoms with Gasteiger partial charge in [0.15, 0.2) is 0 Å². The molecule has 1 saturated carbocycles. The van der Waals surface area contributed by atoms with Crippen LogP contribution in [0.15, 0.2) is 54.6 Å². The quantitative estimate of drug-likeness (QED) is 0.782. The van der Waals surface area contributed by atoms with Gasteiger partial charge >= 0.3 is 0 Å². The summed E-state index contributed by atoms with van der Waals surface area (Å²) in [5.74, 6) is 2.40. The second-order valence-electron chi connectivity index (χ2n) is 6.83. The van der Waals surface area contributed by atoms with Gasteiger partial charge in [-0.1, -0.05) is 42.5 Å². The average Bonchev–Trinajstić information content (AvgIpc) is 3.24. The molecule has 2 unspecified atom stereocenters. The summed E-state index contributed by atoms with van der Waals surface area (Å²) in [4.78, 5) is 2.49. The van der Waals surface area contributed by atoms with Crippen LogP contribution in [0.3, 0.4) is 0 Å². The minimum atomic E-state index is 0.691. The lowest BCUT2D eigenvalue weighted by atomic mass is 10.0. The standard InChI is InChI=1S/C21H25NO/c1-2-6-17(7-3-1)20-16-21(20)18-8-10-19(11-9-18)23-15-14-22-12-4-5-13-22/h1-3,6-11,20-21H,4-5,12-16H2. The summed E-state index contributed by atoms with van der Waals surface area (Å²) >= 11 is 0. The fraction of sp³-hybridized carbons (Fsp3) is 0.429. The van der Waals surface area contributed by atoms with E-state index in [-0.39, 0.29) is 0 Å². The number of benzene rings is 2. The third-order valence-corrected chi connectivity index (χ3v) is 5.20. The van der Waals surface area contributed by atoms with Crippen molar-refractivity contribution in [3.05, 3.63) is 65.7 Å². The topological polar surface area (TPSA) is 12.5 Å². The second kappa shape index (κ2) is 6.76. The molecular weight excluding hydrogens is 282 g/mol. The fourth-order valence-electron chi connectivity index (χ4n) is 3.74. The van der Waals surface area contributed by atoms with Crippen molar-refractivity contribution in [1.29, 1.82) is 0 Å². The van der Waals surface area contributed by atoms with E-state index in [1.807, 2.05) is 0 Å². The van der Waals surface area contributed by atoms with Gasteiger partial charge in [-0.15, -0.1) is 0 Å². The highest BCUT2D eigenvalue weighted by Gasteiger charge is 2.39. The molecule has 0 spiro atoms. The van der Waals surface area contributed by atoms with Crippen molar-refractivity contribution in [2.24, 2.45) is 0 Å². The molecule has 2 heteroatoms. The largest absolute Gasteiger partial charge is 0.492 e. The molecule has 0 radical (unpaired) electrons. The van der Waals surface area contributed by atoms with E-state index in [0.29, 0.717) is 11.8 Å². The van der Waals surface area contributed by atoms with E-state index in [1.165, 1.54) is 43.5 Å². The lowest BCUT2D eigenvalue weighted by Crippen LogP contribution is -2.25. The van der Waals surface area contributed by atoms with Gasteiger partial charge in [0, 0.05) is 6.54 Å². The van der Waals surface area contributed by atoms with Gasteiger partial charge in [0.25, 0.3) is 0 Å². The van der Waals surface area contributed by atoms with Gasteiger partial charge < -0.3 is 4.74 Å². The molecule has 2 atom stereocenters. The molecule has 0 aromatic heterocycles. The molecule has 2 aromatic carbocycles. The summed E-state index contributed by atoms with van der Waals surface area (Å²) in [6.07, 6.45) is 3.97. The molecule has 2 aromatic rings. The molecule has 120 valence electrons. The Bertz CT molecular complexity index is 616. The highest BCUT2D eigenvalue weighted by atomic mass is 16.5. The molecule has 23 heavy (non-hydrogen) atoms. The molecule has 2 fully saturated rings. The summed E-state index contributed by atoms with van der Waals surface area (Å²) in [6.45, 7) is 4.34. The summed E-state index contributed by atoms with van der Waals surface area (Å²) < 4.78 is 5.89. The van der Waals surface area contributed by atoms with Crippen LogP contribution in [0, 0.1) is 0 Å². The van der Waals surface area contributed by atoms with Gasteiger partial charge in [-0.3, -0.25) is 4.90 Å². The highest BCUT2D eigenvalue weighted by molar-refractivity contribution is 5.38. The first-order valence-electron chi connectivity index (χ1n) is 8.90. The van der Waals surface area contributed by atoms with E-state index in [0.717, 1.165) is 18.9 Å². The van der Waals surface area contributed by atoms with Gasteiger partial charge in [0.2, 0.25) is 0 Å². The predicted octanol–water partition coefficient (Wildman–Crippen LogP) is 4.43. The average molecular weight is 307 g/mol. The lowest BCUT2D eigenvalue weighted by molar-refractivity contribution is 0.238. The van der Waals surface area contributed by atoms with Gasteiger partial charge in [0.05, 0.1) is 0 Å². The van der Waals surface area contributed by atoms with E-state index < -0.39 is 0 Å². The van der Waals surface area contributed by atoms with E-state index in [9.17, 15) is 0 Å². The van der Waals surface area contributed by atoms with Crippen molar-refractivity contribution >= 4 is 0 Å². The summed E-state index contributed by atoms with van der Waals surface area (Å²) in [5, 5.41) is 0. The first-order chi connectivity index (χ1) is 11.4. The van der Waals surface area contributed by atoms with Crippen LogP contribution >= 0.6 is 0 Å². The Morgan fingerprint density at radius 2 is 1.48 bits per heavy atom. The zero-order valence-electron chi connectivity index (χ0n) is 13.7. The van der Waals surface area contributed by atoms with Crippen LogP contribution in [0.25, 0.3) is 0 Å². The number of likely N-dealkylation sites (tertiary alicyclic amines) is 1. The van der Waals surface area contributed by atoms with Crippen LogP contribution in [0.5, 0.6) is 5.75 Å². The summed E-state index contributed by atoms with van der Waals surface area (Å²) in [6, 6.07) is 19.6. The summed E-state index contributed by atoms with van der Waals surface area (Å²) in [7, 11) is 0. The molecular formula is C21H25NO. The maximum atomic E-state index is 5.89. The van der Waals surface area contributed by atoms with Crippen LogP contribution in [0.4, 0.5) is 0 Å². The molecule has 1 aliphatic carbocycles. The summed E-state index contributed by atoms with van der Waals surface area (Å²) in [5.41, 5.74) is 2.93. The first-order valence-corrected chi connectivity index (χ1v) is 8.90. The molecule has 0 bridgehead atoms. The van der Waals surface area contributed by atoms with Gasteiger partial charge in [0.1, 0.15) is 12.4 Å². The van der Waals surface area contributed by atoms with E-state index in [4.69, 9.17) is 4.74 Å². The number of rotatable bonds is 6. The van der Waals surface area contributed by atoms with Crippen molar-refractivity contribution < 1.29 is 4.74 Å². The van der Waals surface area contributed by atoms with Crippen molar-refractivity contribution in [2.45, 2.75) is 31.1 Å². The van der Waals surface area contributed by atoms with Gasteiger partial charge in [-0.25, -0.2) is 0 Å². The van der Waals surface area contributed by atoms with Crippen LogP contribution in [-0.4, -0.2) is 31.1 Å². The van der Waals surface area contributed by atoms with Crippen LogP contribution < -0.4 is 4.74 Å². The molecule has 1 aliphatic heterocycles. The maximum absolute atomic E-state index is 5.89. The molecule has 2 aliphatic rings. The third-order valence-electron chi connectivity index (χ3n) is 5.20. The molecule has 1 heterocycles. The van der Waals surface area contributed by atoms with E-state index >= 15 is 0 Å².